The summed E-state index contributed by atoms with van der Waals surface area (Å²) >= 11 is 0. The summed E-state index contributed by atoms with van der Waals surface area (Å²) in [6.07, 6.45) is 6.30. The fourth-order valence-electron chi connectivity index (χ4n) is 3.21. The molecule has 1 unspecified atom stereocenters. The van der Waals surface area contributed by atoms with Gasteiger partial charge in [0, 0.05) is 56.8 Å². The molecule has 4 nitrogen and oxygen atoms in total. The molecule has 0 spiro atoms. The van der Waals surface area contributed by atoms with E-state index >= 15 is 0 Å². The molecule has 1 aromatic heterocycles. The third-order valence-corrected chi connectivity index (χ3v) is 4.61. The Kier molecular flexibility index (Phi) is 5.11. The van der Waals surface area contributed by atoms with Gasteiger partial charge in [-0.3, -0.25) is 9.58 Å². The highest BCUT2D eigenvalue weighted by atomic mass is 15.3. The third kappa shape index (κ3) is 3.89. The topological polar surface area (TPSA) is 24.3 Å². The van der Waals surface area contributed by atoms with Crippen molar-refractivity contribution in [3.8, 4) is 0 Å². The van der Waals surface area contributed by atoms with E-state index < -0.39 is 0 Å². The molecule has 1 aliphatic heterocycles. The van der Waals surface area contributed by atoms with Crippen LogP contribution in [-0.4, -0.2) is 46.9 Å². The van der Waals surface area contributed by atoms with Crippen LogP contribution in [0.1, 0.15) is 19.8 Å². The molecule has 3 rings (SSSR count). The van der Waals surface area contributed by atoms with E-state index in [9.17, 15) is 0 Å². The fraction of sp³-hybridized carbons (Fsp3) is 0.500. The van der Waals surface area contributed by atoms with Gasteiger partial charge in [0.1, 0.15) is 0 Å². The maximum atomic E-state index is 4.29. The van der Waals surface area contributed by atoms with Crippen LogP contribution in [0.2, 0.25) is 0 Å². The van der Waals surface area contributed by atoms with Gasteiger partial charge in [0.2, 0.25) is 0 Å². The van der Waals surface area contributed by atoms with Crippen LogP contribution in [0.25, 0.3) is 0 Å². The molecule has 4 heteroatoms. The highest BCUT2D eigenvalue weighted by Gasteiger charge is 2.19. The van der Waals surface area contributed by atoms with Gasteiger partial charge in [-0.1, -0.05) is 18.2 Å². The summed E-state index contributed by atoms with van der Waals surface area (Å²) < 4.78 is 2.03. The zero-order valence-corrected chi connectivity index (χ0v) is 13.4. The predicted molar refractivity (Wildman–Crippen MR) is 91.2 cm³/mol. The maximum Gasteiger partial charge on any atom is 0.0489 e. The van der Waals surface area contributed by atoms with Crippen molar-refractivity contribution in [2.45, 2.75) is 32.4 Å². The van der Waals surface area contributed by atoms with E-state index in [0.29, 0.717) is 6.04 Å². The van der Waals surface area contributed by atoms with Gasteiger partial charge in [0.25, 0.3) is 0 Å². The Balaban J connectivity index is 1.51. The van der Waals surface area contributed by atoms with Gasteiger partial charge in [0.15, 0.2) is 0 Å². The van der Waals surface area contributed by atoms with Crippen molar-refractivity contribution in [1.82, 2.24) is 14.7 Å². The molecule has 0 bridgehead atoms. The smallest absolute Gasteiger partial charge is 0.0489 e. The number of anilines is 1. The monoisotopic (exact) mass is 298 g/mol. The van der Waals surface area contributed by atoms with Crippen LogP contribution >= 0.6 is 0 Å². The Bertz CT molecular complexity index is 537. The van der Waals surface area contributed by atoms with E-state index in [1.54, 1.807) is 0 Å². The summed E-state index contributed by atoms with van der Waals surface area (Å²) in [6.45, 7) is 7.98. The molecule has 1 aromatic carbocycles. The molecule has 2 aromatic rings. The lowest BCUT2D eigenvalue weighted by atomic mass is 10.2. The molecule has 1 atom stereocenters. The first-order valence-electron chi connectivity index (χ1n) is 8.34. The van der Waals surface area contributed by atoms with Crippen molar-refractivity contribution in [2.75, 3.05) is 31.1 Å². The van der Waals surface area contributed by atoms with E-state index in [-0.39, 0.29) is 0 Å². The summed E-state index contributed by atoms with van der Waals surface area (Å²) in [5.74, 6) is 0. The Labute approximate surface area is 133 Å². The molecule has 0 saturated carbocycles. The predicted octanol–water partition coefficient (Wildman–Crippen LogP) is 2.87. The van der Waals surface area contributed by atoms with Gasteiger partial charge in [-0.15, -0.1) is 0 Å². The highest BCUT2D eigenvalue weighted by Crippen LogP contribution is 2.17. The van der Waals surface area contributed by atoms with Crippen molar-refractivity contribution in [3.05, 3.63) is 48.8 Å². The first kappa shape index (κ1) is 15.1. The number of nitrogens with zero attached hydrogens (tertiary/aromatic N) is 4. The Morgan fingerprint density at radius 1 is 1.05 bits per heavy atom. The molecule has 118 valence electrons. The van der Waals surface area contributed by atoms with E-state index in [2.05, 4.69) is 52.2 Å². The maximum absolute atomic E-state index is 4.29. The lowest BCUT2D eigenvalue weighted by Gasteiger charge is -2.28. The first-order valence-corrected chi connectivity index (χ1v) is 8.34. The van der Waals surface area contributed by atoms with Crippen molar-refractivity contribution in [3.63, 3.8) is 0 Å². The lowest BCUT2D eigenvalue weighted by Crippen LogP contribution is -2.37. The van der Waals surface area contributed by atoms with Gasteiger partial charge < -0.3 is 4.90 Å². The second-order valence-corrected chi connectivity index (χ2v) is 6.12. The van der Waals surface area contributed by atoms with Crippen molar-refractivity contribution >= 4 is 5.69 Å². The van der Waals surface area contributed by atoms with Crippen LogP contribution in [0.5, 0.6) is 0 Å². The highest BCUT2D eigenvalue weighted by molar-refractivity contribution is 5.46. The second kappa shape index (κ2) is 7.45. The quantitative estimate of drug-likeness (QED) is 0.848. The summed E-state index contributed by atoms with van der Waals surface area (Å²) in [5.41, 5.74) is 1.36. The average molecular weight is 298 g/mol. The Morgan fingerprint density at radius 2 is 1.91 bits per heavy atom. The van der Waals surface area contributed by atoms with Crippen molar-refractivity contribution in [1.29, 1.82) is 0 Å². The molecule has 0 N–H and O–H groups in total. The number of hydrogen-bond donors (Lipinski definition) is 0. The van der Waals surface area contributed by atoms with E-state index in [1.807, 2.05) is 23.1 Å². The Morgan fingerprint density at radius 3 is 2.68 bits per heavy atom. The normalized spacial score (nSPS) is 18.1. The first-order chi connectivity index (χ1) is 10.8. The minimum absolute atomic E-state index is 0.611. The largest absolute Gasteiger partial charge is 0.370 e. The molecular formula is C18H26N4. The molecule has 1 aliphatic rings. The minimum Gasteiger partial charge on any atom is -0.370 e. The molecular weight excluding hydrogens is 272 g/mol. The minimum atomic E-state index is 0.611. The van der Waals surface area contributed by atoms with Gasteiger partial charge in [-0.2, -0.15) is 5.10 Å². The van der Waals surface area contributed by atoms with Crippen LogP contribution in [0.3, 0.4) is 0 Å². The molecule has 0 aliphatic carbocycles. The standard InChI is InChI=1S/C18H26N4/c1-17(9-14-22-13-5-10-19-22)20-11-6-12-21(16-15-20)18-7-3-2-4-8-18/h2-5,7-8,10,13,17H,6,9,11-12,14-16H2,1H3. The molecule has 0 radical (unpaired) electrons. The average Bonchev–Trinajstić information content (AvgIpc) is 2.96. The van der Waals surface area contributed by atoms with Crippen LogP contribution in [-0.2, 0) is 6.54 Å². The van der Waals surface area contributed by atoms with E-state index in [1.165, 1.54) is 18.7 Å². The number of hydrogen-bond acceptors (Lipinski definition) is 3. The van der Waals surface area contributed by atoms with Crippen LogP contribution in [0.4, 0.5) is 5.69 Å². The van der Waals surface area contributed by atoms with E-state index in [4.69, 9.17) is 0 Å². The summed E-state index contributed by atoms with van der Waals surface area (Å²) in [4.78, 5) is 5.15. The van der Waals surface area contributed by atoms with Crippen molar-refractivity contribution in [2.24, 2.45) is 0 Å². The summed E-state index contributed by atoms with van der Waals surface area (Å²) in [5, 5.41) is 4.29. The van der Waals surface area contributed by atoms with Crippen molar-refractivity contribution < 1.29 is 0 Å². The van der Waals surface area contributed by atoms with Gasteiger partial charge in [-0.05, 0) is 38.0 Å². The van der Waals surface area contributed by atoms with Gasteiger partial charge >= 0.3 is 0 Å². The molecule has 2 heterocycles. The molecule has 22 heavy (non-hydrogen) atoms. The third-order valence-electron chi connectivity index (χ3n) is 4.61. The number of aryl methyl sites for hydroxylation is 1. The SMILES string of the molecule is CC(CCn1cccn1)N1CCCN(c2ccccc2)CC1. The molecule has 1 saturated heterocycles. The number of aromatic nitrogens is 2. The number of para-hydroxylation sites is 1. The van der Waals surface area contributed by atoms with Crippen LogP contribution in [0.15, 0.2) is 48.8 Å². The van der Waals surface area contributed by atoms with Crippen LogP contribution in [0, 0.1) is 0 Å². The fourth-order valence-corrected chi connectivity index (χ4v) is 3.21. The summed E-state index contributed by atoms with van der Waals surface area (Å²) in [6, 6.07) is 13.4. The summed E-state index contributed by atoms with van der Waals surface area (Å²) in [7, 11) is 0. The molecule has 0 amide bonds. The number of rotatable bonds is 5. The lowest BCUT2D eigenvalue weighted by molar-refractivity contribution is 0.206. The zero-order chi connectivity index (χ0) is 15.2. The van der Waals surface area contributed by atoms with Gasteiger partial charge in [-0.25, -0.2) is 0 Å². The number of benzene rings is 1. The van der Waals surface area contributed by atoms with Crippen LogP contribution < -0.4 is 4.90 Å². The Hall–Kier alpha value is -1.81. The zero-order valence-electron chi connectivity index (χ0n) is 13.4. The second-order valence-electron chi connectivity index (χ2n) is 6.12. The van der Waals surface area contributed by atoms with Gasteiger partial charge in [0.05, 0.1) is 0 Å². The molecule has 1 fully saturated rings. The van der Waals surface area contributed by atoms with E-state index in [0.717, 1.165) is 32.6 Å².